The number of rotatable bonds is 6. The van der Waals surface area contributed by atoms with E-state index in [2.05, 4.69) is 40.6 Å². The predicted octanol–water partition coefficient (Wildman–Crippen LogP) is 4.97. The predicted molar refractivity (Wildman–Crippen MR) is 123 cm³/mol. The summed E-state index contributed by atoms with van der Waals surface area (Å²) in [5, 5.41) is 2.15. The number of carbonyl (C=O) groups is 2. The second kappa shape index (κ2) is 10.1. The lowest BCUT2D eigenvalue weighted by molar-refractivity contribution is -0.128. The molecule has 0 radical (unpaired) electrons. The van der Waals surface area contributed by atoms with E-state index in [9.17, 15) is 9.59 Å². The number of ether oxygens (including phenoxy) is 1. The Bertz CT molecular complexity index is 1090. The van der Waals surface area contributed by atoms with Crippen LogP contribution >= 0.6 is 15.9 Å². The van der Waals surface area contributed by atoms with Gasteiger partial charge in [0.1, 0.15) is 5.75 Å². The smallest absolute Gasteiger partial charge is 0.276 e. The Balaban J connectivity index is 1.50. The van der Waals surface area contributed by atoms with Crippen LogP contribution in [0.5, 0.6) is 5.75 Å². The molecule has 0 aliphatic heterocycles. The molecule has 0 aromatic heterocycles. The fraction of sp³-hybridized carbons (Fsp3) is 0.167. The number of hydrazine groups is 1. The van der Waals surface area contributed by atoms with Crippen LogP contribution in [0.15, 0.2) is 71.2 Å². The molecule has 3 aromatic carbocycles. The van der Waals surface area contributed by atoms with Gasteiger partial charge < -0.3 is 4.74 Å². The standard InChI is InChI=1S/C24H23BrN2O3/c1-16(2)19-10-12-22(21(25)14-19)30-15-24(29)27-26-23(28)13-11-18-8-5-7-17-6-3-4-9-20(17)18/h3-14,16H,15H2,1-2H3,(H,26,28)(H,27,29)/b13-11+. The van der Waals surface area contributed by atoms with Crippen molar-refractivity contribution in [3.63, 3.8) is 0 Å². The van der Waals surface area contributed by atoms with Gasteiger partial charge in [-0.2, -0.15) is 0 Å². The van der Waals surface area contributed by atoms with Gasteiger partial charge in [-0.05, 0) is 62.0 Å². The number of nitrogens with one attached hydrogen (secondary N) is 2. The molecular weight excluding hydrogens is 444 g/mol. The van der Waals surface area contributed by atoms with E-state index in [0.29, 0.717) is 11.7 Å². The molecule has 6 heteroatoms. The van der Waals surface area contributed by atoms with Gasteiger partial charge in [0.2, 0.25) is 0 Å². The topological polar surface area (TPSA) is 67.4 Å². The molecule has 0 aliphatic carbocycles. The lowest BCUT2D eigenvalue weighted by Crippen LogP contribution is -2.43. The third kappa shape index (κ3) is 5.70. The highest BCUT2D eigenvalue weighted by atomic mass is 79.9. The summed E-state index contributed by atoms with van der Waals surface area (Å²) in [7, 11) is 0. The third-order valence-corrected chi connectivity index (χ3v) is 5.16. The number of carbonyl (C=O) groups excluding carboxylic acids is 2. The average Bonchev–Trinajstić information content (AvgIpc) is 2.75. The maximum absolute atomic E-state index is 12.0. The quantitative estimate of drug-likeness (QED) is 0.398. The van der Waals surface area contributed by atoms with Crippen LogP contribution in [0.2, 0.25) is 0 Å². The Morgan fingerprint density at radius 2 is 1.80 bits per heavy atom. The van der Waals surface area contributed by atoms with Crippen LogP contribution in [0.3, 0.4) is 0 Å². The summed E-state index contributed by atoms with van der Waals surface area (Å²) in [5.41, 5.74) is 6.80. The van der Waals surface area contributed by atoms with Crippen molar-refractivity contribution in [1.82, 2.24) is 10.9 Å². The third-order valence-electron chi connectivity index (χ3n) is 4.54. The van der Waals surface area contributed by atoms with Crippen LogP contribution in [0, 0.1) is 0 Å². The van der Waals surface area contributed by atoms with Crippen molar-refractivity contribution in [3.8, 4) is 5.75 Å². The van der Waals surface area contributed by atoms with Crippen molar-refractivity contribution >= 4 is 44.6 Å². The van der Waals surface area contributed by atoms with Crippen LogP contribution in [-0.2, 0) is 9.59 Å². The molecule has 0 unspecified atom stereocenters. The van der Waals surface area contributed by atoms with E-state index in [4.69, 9.17) is 4.74 Å². The van der Waals surface area contributed by atoms with Crippen LogP contribution in [0.1, 0.15) is 30.9 Å². The molecule has 3 rings (SSSR count). The molecular formula is C24H23BrN2O3. The van der Waals surface area contributed by atoms with Gasteiger partial charge in [0.15, 0.2) is 6.61 Å². The molecule has 0 bridgehead atoms. The maximum atomic E-state index is 12.0. The Kier molecular flexibility index (Phi) is 7.25. The van der Waals surface area contributed by atoms with Crippen molar-refractivity contribution in [2.45, 2.75) is 19.8 Å². The van der Waals surface area contributed by atoms with Gasteiger partial charge in [-0.3, -0.25) is 20.4 Å². The molecule has 0 saturated carbocycles. The molecule has 2 amide bonds. The van der Waals surface area contributed by atoms with Crippen molar-refractivity contribution in [2.75, 3.05) is 6.61 Å². The monoisotopic (exact) mass is 466 g/mol. The van der Waals surface area contributed by atoms with Crippen molar-refractivity contribution in [2.24, 2.45) is 0 Å². The van der Waals surface area contributed by atoms with Crippen LogP contribution in [-0.4, -0.2) is 18.4 Å². The molecule has 0 aliphatic rings. The largest absolute Gasteiger partial charge is 0.483 e. The number of fused-ring (bicyclic) bond motifs is 1. The van der Waals surface area contributed by atoms with Gasteiger partial charge in [0.05, 0.1) is 4.47 Å². The highest BCUT2D eigenvalue weighted by Crippen LogP contribution is 2.28. The maximum Gasteiger partial charge on any atom is 0.276 e. The first-order valence-corrected chi connectivity index (χ1v) is 10.4. The highest BCUT2D eigenvalue weighted by molar-refractivity contribution is 9.10. The van der Waals surface area contributed by atoms with E-state index in [1.165, 1.54) is 11.6 Å². The molecule has 5 nitrogen and oxygen atoms in total. The Labute approximate surface area is 184 Å². The van der Waals surface area contributed by atoms with E-state index in [1.54, 1.807) is 6.08 Å². The first-order chi connectivity index (χ1) is 14.4. The number of halogens is 1. The Morgan fingerprint density at radius 3 is 2.57 bits per heavy atom. The van der Waals surface area contributed by atoms with Crippen LogP contribution in [0.4, 0.5) is 0 Å². The van der Waals surface area contributed by atoms with Crippen LogP contribution in [0.25, 0.3) is 16.8 Å². The molecule has 154 valence electrons. The van der Waals surface area contributed by atoms with E-state index in [1.807, 2.05) is 60.7 Å². The molecule has 2 N–H and O–H groups in total. The van der Waals surface area contributed by atoms with Gasteiger partial charge >= 0.3 is 0 Å². The van der Waals surface area contributed by atoms with E-state index < -0.39 is 11.8 Å². The van der Waals surface area contributed by atoms with Gasteiger partial charge in [-0.15, -0.1) is 0 Å². The Hall–Kier alpha value is -3.12. The number of amides is 2. The second-order valence-electron chi connectivity index (χ2n) is 7.07. The second-order valence-corrected chi connectivity index (χ2v) is 7.93. The molecule has 0 heterocycles. The van der Waals surface area contributed by atoms with Crippen molar-refractivity contribution in [3.05, 3.63) is 82.3 Å². The summed E-state index contributed by atoms with van der Waals surface area (Å²) in [6, 6.07) is 19.6. The minimum Gasteiger partial charge on any atom is -0.483 e. The summed E-state index contributed by atoms with van der Waals surface area (Å²) < 4.78 is 6.30. The zero-order chi connectivity index (χ0) is 21.5. The molecule has 30 heavy (non-hydrogen) atoms. The summed E-state index contributed by atoms with van der Waals surface area (Å²) in [6.45, 7) is 3.99. The van der Waals surface area contributed by atoms with E-state index in [-0.39, 0.29) is 6.61 Å². The normalized spacial score (nSPS) is 11.1. The van der Waals surface area contributed by atoms with E-state index >= 15 is 0 Å². The minimum absolute atomic E-state index is 0.215. The van der Waals surface area contributed by atoms with Crippen molar-refractivity contribution in [1.29, 1.82) is 0 Å². The Morgan fingerprint density at radius 1 is 1.03 bits per heavy atom. The molecule has 0 spiro atoms. The number of hydrogen-bond donors (Lipinski definition) is 2. The molecule has 0 saturated heterocycles. The van der Waals surface area contributed by atoms with Gasteiger partial charge in [-0.25, -0.2) is 0 Å². The lowest BCUT2D eigenvalue weighted by atomic mass is 10.0. The molecule has 3 aromatic rings. The summed E-state index contributed by atoms with van der Waals surface area (Å²) in [4.78, 5) is 24.0. The molecule has 0 fully saturated rings. The fourth-order valence-corrected chi connectivity index (χ4v) is 3.42. The first-order valence-electron chi connectivity index (χ1n) is 9.61. The van der Waals surface area contributed by atoms with Crippen LogP contribution < -0.4 is 15.6 Å². The summed E-state index contributed by atoms with van der Waals surface area (Å²) in [6.07, 6.45) is 3.10. The highest BCUT2D eigenvalue weighted by Gasteiger charge is 2.08. The van der Waals surface area contributed by atoms with E-state index in [0.717, 1.165) is 20.8 Å². The summed E-state index contributed by atoms with van der Waals surface area (Å²) >= 11 is 3.45. The zero-order valence-corrected chi connectivity index (χ0v) is 18.4. The van der Waals surface area contributed by atoms with Gasteiger partial charge in [-0.1, -0.05) is 62.4 Å². The molecule has 0 atom stereocenters. The zero-order valence-electron chi connectivity index (χ0n) is 16.8. The SMILES string of the molecule is CC(C)c1ccc(OCC(=O)NNC(=O)/C=C/c2cccc3ccccc23)c(Br)c1. The number of benzene rings is 3. The average molecular weight is 467 g/mol. The van der Waals surface area contributed by atoms with Crippen molar-refractivity contribution < 1.29 is 14.3 Å². The minimum atomic E-state index is -0.457. The number of hydrogen-bond acceptors (Lipinski definition) is 3. The summed E-state index contributed by atoms with van der Waals surface area (Å²) in [5.74, 6) is 0.0769. The van der Waals surface area contributed by atoms with Gasteiger partial charge in [0, 0.05) is 6.08 Å². The fourth-order valence-electron chi connectivity index (χ4n) is 2.91. The lowest BCUT2D eigenvalue weighted by Gasteiger charge is -2.11. The first kappa shape index (κ1) is 21.6. The van der Waals surface area contributed by atoms with Gasteiger partial charge in [0.25, 0.3) is 11.8 Å².